The molecular formula is C60H39NO. The van der Waals surface area contributed by atoms with E-state index >= 15 is 0 Å². The van der Waals surface area contributed by atoms with E-state index < -0.39 is 0 Å². The SMILES string of the molecule is c1ccc(-c2cccc(-c3ccc4c(c3)c3cc(-c5cccc(-c6ccccc6)c5)ccc3n4-c3ccc(-c4ccc(-c5cccc6c5oc5ccccc56)cc4)cc3)c2)cc1. The first-order valence-electron chi connectivity index (χ1n) is 21.2. The van der Waals surface area contributed by atoms with E-state index in [9.17, 15) is 0 Å². The van der Waals surface area contributed by atoms with Crippen molar-refractivity contribution in [2.45, 2.75) is 0 Å². The van der Waals surface area contributed by atoms with Gasteiger partial charge < -0.3 is 8.98 Å². The van der Waals surface area contributed by atoms with Crippen LogP contribution in [0.15, 0.2) is 241 Å². The first-order valence-corrected chi connectivity index (χ1v) is 21.2. The Labute approximate surface area is 360 Å². The highest BCUT2D eigenvalue weighted by Gasteiger charge is 2.17. The molecule has 2 aromatic heterocycles. The lowest BCUT2D eigenvalue weighted by molar-refractivity contribution is 0.670. The van der Waals surface area contributed by atoms with Crippen molar-refractivity contribution in [2.75, 3.05) is 0 Å². The molecule has 0 fully saturated rings. The maximum absolute atomic E-state index is 6.36. The number of rotatable bonds is 7. The lowest BCUT2D eigenvalue weighted by Gasteiger charge is -2.11. The van der Waals surface area contributed by atoms with E-state index in [2.05, 4.69) is 229 Å². The molecular weight excluding hydrogens is 751 g/mol. The van der Waals surface area contributed by atoms with E-state index in [1.807, 2.05) is 12.1 Å². The summed E-state index contributed by atoms with van der Waals surface area (Å²) in [6, 6.07) is 85.4. The Kier molecular flexibility index (Phi) is 8.53. The molecule has 0 saturated heterocycles. The van der Waals surface area contributed by atoms with Crippen LogP contribution in [0.5, 0.6) is 0 Å². The van der Waals surface area contributed by atoms with Gasteiger partial charge in [-0.2, -0.15) is 0 Å². The molecule has 0 amide bonds. The quantitative estimate of drug-likeness (QED) is 0.157. The van der Waals surface area contributed by atoms with Crippen LogP contribution < -0.4 is 0 Å². The van der Waals surface area contributed by atoms with Crippen molar-refractivity contribution in [3.05, 3.63) is 237 Å². The monoisotopic (exact) mass is 789 g/mol. The molecule has 0 aliphatic carbocycles. The number of hydrogen-bond acceptors (Lipinski definition) is 1. The zero-order valence-electron chi connectivity index (χ0n) is 33.9. The number of nitrogens with zero attached hydrogens (tertiary/aromatic N) is 1. The number of hydrogen-bond donors (Lipinski definition) is 0. The maximum Gasteiger partial charge on any atom is 0.143 e. The van der Waals surface area contributed by atoms with Gasteiger partial charge in [-0.1, -0.05) is 182 Å². The summed E-state index contributed by atoms with van der Waals surface area (Å²) in [5, 5.41) is 4.74. The highest BCUT2D eigenvalue weighted by molar-refractivity contribution is 6.12. The van der Waals surface area contributed by atoms with Crippen LogP contribution in [0.4, 0.5) is 0 Å². The van der Waals surface area contributed by atoms with Crippen molar-refractivity contribution in [1.29, 1.82) is 0 Å². The van der Waals surface area contributed by atoms with Crippen LogP contribution in [0.2, 0.25) is 0 Å². The Balaban J connectivity index is 0.941. The predicted octanol–water partition coefficient (Wildman–Crippen LogP) is 16.7. The zero-order valence-corrected chi connectivity index (χ0v) is 33.9. The number of fused-ring (bicyclic) bond motifs is 6. The fraction of sp³-hybridized carbons (Fsp3) is 0. The Morgan fingerprint density at radius 3 is 1.24 bits per heavy atom. The molecule has 2 heteroatoms. The third kappa shape index (κ3) is 6.20. The molecule has 0 bridgehead atoms. The molecule has 0 aliphatic heterocycles. The van der Waals surface area contributed by atoms with Gasteiger partial charge in [-0.05, 0) is 116 Å². The first-order chi connectivity index (χ1) is 30.7. The van der Waals surface area contributed by atoms with Gasteiger partial charge in [0.2, 0.25) is 0 Å². The van der Waals surface area contributed by atoms with Crippen LogP contribution in [0.1, 0.15) is 0 Å². The molecule has 0 spiro atoms. The van der Waals surface area contributed by atoms with Crippen LogP contribution in [0.25, 0.3) is 116 Å². The van der Waals surface area contributed by atoms with Crippen LogP contribution in [0, 0.1) is 0 Å². The summed E-state index contributed by atoms with van der Waals surface area (Å²) in [5.74, 6) is 0. The Hall–Kier alpha value is -8.20. The summed E-state index contributed by atoms with van der Waals surface area (Å²) in [4.78, 5) is 0. The lowest BCUT2D eigenvalue weighted by atomic mass is 9.96. The minimum absolute atomic E-state index is 0.915. The molecule has 0 unspecified atom stereocenters. The van der Waals surface area contributed by atoms with E-state index in [-0.39, 0.29) is 0 Å². The van der Waals surface area contributed by atoms with Gasteiger partial charge in [-0.15, -0.1) is 0 Å². The fourth-order valence-corrected chi connectivity index (χ4v) is 9.30. The second kappa shape index (κ2) is 14.8. The van der Waals surface area contributed by atoms with Crippen molar-refractivity contribution in [3.8, 4) is 72.4 Å². The number of furan rings is 1. The smallest absolute Gasteiger partial charge is 0.143 e. The summed E-state index contributed by atoms with van der Waals surface area (Å²) in [6.07, 6.45) is 0. The second-order valence-corrected chi connectivity index (χ2v) is 16.1. The van der Waals surface area contributed by atoms with Gasteiger partial charge in [-0.3, -0.25) is 0 Å². The largest absolute Gasteiger partial charge is 0.455 e. The third-order valence-electron chi connectivity index (χ3n) is 12.4. The van der Waals surface area contributed by atoms with Crippen LogP contribution in [0.3, 0.4) is 0 Å². The minimum atomic E-state index is 0.915. The summed E-state index contributed by atoms with van der Waals surface area (Å²) in [6.45, 7) is 0. The highest BCUT2D eigenvalue weighted by Crippen LogP contribution is 2.40. The van der Waals surface area contributed by atoms with E-state index in [4.69, 9.17) is 4.42 Å². The molecule has 0 saturated carbocycles. The van der Waals surface area contributed by atoms with Crippen LogP contribution in [-0.2, 0) is 0 Å². The summed E-state index contributed by atoms with van der Waals surface area (Å²) >= 11 is 0. The first kappa shape index (κ1) is 35.7. The number of para-hydroxylation sites is 2. The van der Waals surface area contributed by atoms with Crippen molar-refractivity contribution < 1.29 is 4.42 Å². The van der Waals surface area contributed by atoms with Gasteiger partial charge in [0.25, 0.3) is 0 Å². The molecule has 10 aromatic carbocycles. The van der Waals surface area contributed by atoms with Gasteiger partial charge >= 0.3 is 0 Å². The highest BCUT2D eigenvalue weighted by atomic mass is 16.3. The number of benzene rings is 10. The zero-order chi connectivity index (χ0) is 41.0. The van der Waals surface area contributed by atoms with Gasteiger partial charge in [-0.25, -0.2) is 0 Å². The summed E-state index contributed by atoms with van der Waals surface area (Å²) < 4.78 is 8.78. The minimum Gasteiger partial charge on any atom is -0.455 e. The topological polar surface area (TPSA) is 18.1 Å². The Morgan fingerprint density at radius 1 is 0.258 bits per heavy atom. The van der Waals surface area contributed by atoms with Crippen LogP contribution >= 0.6 is 0 Å². The van der Waals surface area contributed by atoms with Crippen molar-refractivity contribution >= 4 is 43.7 Å². The predicted molar refractivity (Wildman–Crippen MR) is 261 cm³/mol. The van der Waals surface area contributed by atoms with E-state index in [0.29, 0.717) is 0 Å². The molecule has 2 nitrogen and oxygen atoms in total. The average molecular weight is 790 g/mol. The molecule has 290 valence electrons. The molecule has 0 radical (unpaired) electrons. The second-order valence-electron chi connectivity index (χ2n) is 16.1. The summed E-state index contributed by atoms with van der Waals surface area (Å²) in [5.41, 5.74) is 19.5. The van der Waals surface area contributed by atoms with Gasteiger partial charge in [0.1, 0.15) is 11.2 Å². The molecule has 2 heterocycles. The van der Waals surface area contributed by atoms with Gasteiger partial charge in [0.15, 0.2) is 0 Å². The van der Waals surface area contributed by atoms with Gasteiger partial charge in [0, 0.05) is 32.8 Å². The molecule has 0 aliphatic rings. The van der Waals surface area contributed by atoms with Crippen molar-refractivity contribution in [1.82, 2.24) is 4.57 Å². The van der Waals surface area contributed by atoms with E-state index in [0.717, 1.165) is 38.8 Å². The van der Waals surface area contributed by atoms with Crippen LogP contribution in [-0.4, -0.2) is 4.57 Å². The molecule has 0 atom stereocenters. The fourth-order valence-electron chi connectivity index (χ4n) is 9.30. The Morgan fingerprint density at radius 2 is 0.661 bits per heavy atom. The maximum atomic E-state index is 6.36. The average Bonchev–Trinajstić information content (AvgIpc) is 3.90. The normalized spacial score (nSPS) is 11.5. The number of aromatic nitrogens is 1. The molecule has 62 heavy (non-hydrogen) atoms. The molecule has 0 N–H and O–H groups in total. The molecule has 12 rings (SSSR count). The van der Waals surface area contributed by atoms with Crippen molar-refractivity contribution in [2.24, 2.45) is 0 Å². The van der Waals surface area contributed by atoms with Gasteiger partial charge in [0.05, 0.1) is 11.0 Å². The Bertz CT molecular complexity index is 3450. The summed E-state index contributed by atoms with van der Waals surface area (Å²) in [7, 11) is 0. The van der Waals surface area contributed by atoms with E-state index in [1.165, 1.54) is 77.4 Å². The van der Waals surface area contributed by atoms with E-state index in [1.54, 1.807) is 0 Å². The standard InChI is InChI=1S/C60H39NO/c1-3-12-40(13-4-1)45-16-9-18-47(36-45)49-30-34-57-55(38-49)56-39-50(48-19-10-17-46(37-48)41-14-5-2-6-15-41)31-35-58(56)61(57)51-32-28-43(29-33-51)42-24-26-44(27-25-42)52-21-11-22-54-53-20-7-8-23-59(53)62-60(52)54/h1-39H. The van der Waals surface area contributed by atoms with Crippen molar-refractivity contribution in [3.63, 3.8) is 0 Å². The molecule has 12 aromatic rings. The third-order valence-corrected chi connectivity index (χ3v) is 12.4. The lowest BCUT2D eigenvalue weighted by Crippen LogP contribution is -1.94.